The Labute approximate surface area is 187 Å². The highest BCUT2D eigenvalue weighted by molar-refractivity contribution is 7.99. The maximum Gasteiger partial charge on any atom is 0.273 e. The number of carbonyl (C=O) groups excluding carboxylic acids is 1. The van der Waals surface area contributed by atoms with E-state index in [1.807, 2.05) is 6.92 Å². The molecular formula is C21H24FN5O2S2. The topological polar surface area (TPSA) is 80.1 Å². The monoisotopic (exact) mass is 461 g/mol. The summed E-state index contributed by atoms with van der Waals surface area (Å²) in [6.45, 7) is 6.42. The van der Waals surface area contributed by atoms with Crippen LogP contribution in [-0.4, -0.2) is 39.3 Å². The Balaban J connectivity index is 1.54. The van der Waals surface area contributed by atoms with Crippen molar-refractivity contribution in [3.8, 4) is 0 Å². The van der Waals surface area contributed by atoms with Crippen LogP contribution in [0.3, 0.4) is 0 Å². The van der Waals surface area contributed by atoms with E-state index in [4.69, 9.17) is 0 Å². The van der Waals surface area contributed by atoms with Crippen molar-refractivity contribution in [2.45, 2.75) is 38.4 Å². The first-order valence-corrected chi connectivity index (χ1v) is 12.1. The van der Waals surface area contributed by atoms with Crippen LogP contribution in [0.5, 0.6) is 0 Å². The summed E-state index contributed by atoms with van der Waals surface area (Å²) in [6.07, 6.45) is 2.22. The number of para-hydroxylation sites is 1. The molecule has 0 radical (unpaired) electrons. The van der Waals surface area contributed by atoms with Crippen molar-refractivity contribution in [2.75, 3.05) is 29.1 Å². The highest BCUT2D eigenvalue weighted by Crippen LogP contribution is 2.30. The molecule has 2 aromatic heterocycles. The molecule has 1 saturated heterocycles. The number of nitrogens with one attached hydrogen (secondary N) is 1. The molecule has 1 amide bonds. The van der Waals surface area contributed by atoms with Gasteiger partial charge in [-0.2, -0.15) is 4.98 Å². The van der Waals surface area contributed by atoms with Crippen molar-refractivity contribution >= 4 is 50.2 Å². The maximum absolute atomic E-state index is 13.7. The van der Waals surface area contributed by atoms with Crippen LogP contribution in [0.1, 0.15) is 26.7 Å². The minimum atomic E-state index is -0.493. The molecule has 7 nitrogen and oxygen atoms in total. The van der Waals surface area contributed by atoms with Gasteiger partial charge in [0, 0.05) is 19.6 Å². The number of hydrogen-bond donors (Lipinski definition) is 1. The van der Waals surface area contributed by atoms with Gasteiger partial charge in [-0.05, 0) is 37.8 Å². The number of piperidine rings is 1. The average Bonchev–Trinajstić information content (AvgIpc) is 3.19. The van der Waals surface area contributed by atoms with E-state index in [9.17, 15) is 14.0 Å². The summed E-state index contributed by atoms with van der Waals surface area (Å²) in [6, 6.07) is 6.00. The van der Waals surface area contributed by atoms with E-state index in [1.165, 1.54) is 23.5 Å². The summed E-state index contributed by atoms with van der Waals surface area (Å²) in [4.78, 5) is 36.7. The Morgan fingerprint density at radius 3 is 2.74 bits per heavy atom. The molecule has 1 aromatic carbocycles. The standard InChI is InChI=1S/C21H24FN5O2S2/c1-3-27-19(29)17-18(24-20(31-17)26-10-8-13(2)9-11-26)25-21(27)30-12-16(28)23-15-7-5-4-6-14(15)22/h4-7,13H,3,8-12H2,1-2H3,(H,23,28). The Morgan fingerprint density at radius 2 is 2.03 bits per heavy atom. The van der Waals surface area contributed by atoms with Crippen molar-refractivity contribution in [3.05, 3.63) is 40.4 Å². The molecule has 4 rings (SSSR count). The van der Waals surface area contributed by atoms with Crippen molar-refractivity contribution in [1.82, 2.24) is 14.5 Å². The quantitative estimate of drug-likeness (QED) is 0.442. The van der Waals surface area contributed by atoms with Crippen LogP contribution in [-0.2, 0) is 11.3 Å². The number of amides is 1. The highest BCUT2D eigenvalue weighted by atomic mass is 32.2. The normalized spacial score (nSPS) is 14.9. The summed E-state index contributed by atoms with van der Waals surface area (Å²) in [5.41, 5.74) is 0.411. The second kappa shape index (κ2) is 9.35. The minimum Gasteiger partial charge on any atom is -0.348 e. The Hall–Kier alpha value is -2.46. The number of rotatable bonds is 6. The molecule has 0 spiro atoms. The van der Waals surface area contributed by atoms with Crippen LogP contribution in [0.4, 0.5) is 15.2 Å². The van der Waals surface area contributed by atoms with Crippen molar-refractivity contribution in [2.24, 2.45) is 5.92 Å². The van der Waals surface area contributed by atoms with Crippen molar-refractivity contribution in [1.29, 1.82) is 0 Å². The Morgan fingerprint density at radius 1 is 1.29 bits per heavy atom. The highest BCUT2D eigenvalue weighted by Gasteiger charge is 2.22. The molecule has 164 valence electrons. The van der Waals surface area contributed by atoms with Crippen LogP contribution in [0, 0.1) is 11.7 Å². The van der Waals surface area contributed by atoms with Gasteiger partial charge in [0.15, 0.2) is 15.9 Å². The van der Waals surface area contributed by atoms with Crippen LogP contribution in [0.25, 0.3) is 10.3 Å². The number of hydrogen-bond acceptors (Lipinski definition) is 7. The summed E-state index contributed by atoms with van der Waals surface area (Å²) >= 11 is 2.53. The second-order valence-corrected chi connectivity index (χ2v) is 9.50. The molecule has 3 heterocycles. The van der Waals surface area contributed by atoms with Crippen molar-refractivity contribution < 1.29 is 9.18 Å². The fourth-order valence-corrected chi connectivity index (χ4v) is 5.34. The van der Waals surface area contributed by atoms with E-state index in [0.29, 0.717) is 28.0 Å². The molecule has 0 bridgehead atoms. The zero-order chi connectivity index (χ0) is 22.0. The van der Waals surface area contributed by atoms with E-state index < -0.39 is 5.82 Å². The van der Waals surface area contributed by atoms with Gasteiger partial charge in [0.1, 0.15) is 10.5 Å². The summed E-state index contributed by atoms with van der Waals surface area (Å²) in [5, 5.41) is 3.82. The van der Waals surface area contributed by atoms with E-state index in [1.54, 1.807) is 16.7 Å². The Kier molecular flexibility index (Phi) is 6.57. The number of fused-ring (bicyclic) bond motifs is 1. The molecular weight excluding hydrogens is 437 g/mol. The predicted molar refractivity (Wildman–Crippen MR) is 124 cm³/mol. The summed E-state index contributed by atoms with van der Waals surface area (Å²) in [5.74, 6) is -0.145. The number of anilines is 2. The third-order valence-electron chi connectivity index (χ3n) is 5.32. The minimum absolute atomic E-state index is 0.00723. The lowest BCUT2D eigenvalue weighted by atomic mass is 10.00. The Bertz CT molecular complexity index is 1150. The molecule has 3 aromatic rings. The number of aromatic nitrogens is 3. The first-order valence-electron chi connectivity index (χ1n) is 10.3. The maximum atomic E-state index is 13.7. The summed E-state index contributed by atoms with van der Waals surface area (Å²) < 4.78 is 15.8. The first-order chi connectivity index (χ1) is 15.0. The van der Waals surface area contributed by atoms with Gasteiger partial charge in [0.25, 0.3) is 5.56 Å². The molecule has 1 fully saturated rings. The van der Waals surface area contributed by atoms with Gasteiger partial charge in [0.2, 0.25) is 5.91 Å². The predicted octanol–water partition coefficient (Wildman–Crippen LogP) is 3.98. The summed E-state index contributed by atoms with van der Waals surface area (Å²) in [7, 11) is 0. The number of benzene rings is 1. The molecule has 0 unspecified atom stereocenters. The zero-order valence-corrected chi connectivity index (χ0v) is 19.1. The van der Waals surface area contributed by atoms with Gasteiger partial charge in [-0.25, -0.2) is 9.37 Å². The molecule has 0 saturated carbocycles. The smallest absolute Gasteiger partial charge is 0.273 e. The number of halogens is 1. The molecule has 10 heteroatoms. The number of nitrogens with zero attached hydrogens (tertiary/aromatic N) is 4. The average molecular weight is 462 g/mol. The van der Waals surface area contributed by atoms with E-state index in [2.05, 4.69) is 27.1 Å². The lowest BCUT2D eigenvalue weighted by Gasteiger charge is -2.29. The lowest BCUT2D eigenvalue weighted by Crippen LogP contribution is -2.32. The second-order valence-electron chi connectivity index (χ2n) is 7.58. The van der Waals surface area contributed by atoms with E-state index >= 15 is 0 Å². The van der Waals surface area contributed by atoms with Crippen LogP contribution in [0.2, 0.25) is 0 Å². The largest absolute Gasteiger partial charge is 0.348 e. The van der Waals surface area contributed by atoms with Crippen LogP contribution in [0.15, 0.2) is 34.2 Å². The molecule has 1 aliphatic rings. The molecule has 31 heavy (non-hydrogen) atoms. The van der Waals surface area contributed by atoms with Crippen LogP contribution >= 0.6 is 23.1 Å². The van der Waals surface area contributed by atoms with Gasteiger partial charge < -0.3 is 10.2 Å². The molecule has 0 atom stereocenters. The van der Waals surface area contributed by atoms with Gasteiger partial charge in [-0.1, -0.05) is 42.2 Å². The van der Waals surface area contributed by atoms with Crippen LogP contribution < -0.4 is 15.8 Å². The third-order valence-corrected chi connectivity index (χ3v) is 7.39. The van der Waals surface area contributed by atoms with Crippen molar-refractivity contribution in [3.63, 3.8) is 0 Å². The molecule has 0 aliphatic carbocycles. The molecule has 1 aliphatic heterocycles. The third kappa shape index (κ3) is 4.74. The van der Waals surface area contributed by atoms with Gasteiger partial charge in [-0.3, -0.25) is 14.2 Å². The zero-order valence-electron chi connectivity index (χ0n) is 17.4. The fourth-order valence-electron chi connectivity index (χ4n) is 3.48. The van der Waals surface area contributed by atoms with Gasteiger partial charge in [-0.15, -0.1) is 0 Å². The lowest BCUT2D eigenvalue weighted by molar-refractivity contribution is -0.113. The number of thiazole rings is 1. The number of carbonyl (C=O) groups is 1. The molecule has 1 N–H and O–H groups in total. The van der Waals surface area contributed by atoms with Gasteiger partial charge >= 0.3 is 0 Å². The van der Waals surface area contributed by atoms with E-state index in [0.717, 1.165) is 42.8 Å². The first kappa shape index (κ1) is 21.8. The number of thioether (sulfide) groups is 1. The van der Waals surface area contributed by atoms with E-state index in [-0.39, 0.29) is 22.9 Å². The fraction of sp³-hybridized carbons (Fsp3) is 0.429. The SMILES string of the molecule is CCn1c(SCC(=O)Nc2ccccc2F)nc2nc(N3CCC(C)CC3)sc2c1=O. The van der Waals surface area contributed by atoms with Gasteiger partial charge in [0.05, 0.1) is 11.4 Å².